The highest BCUT2D eigenvalue weighted by molar-refractivity contribution is 9.10. The van der Waals surface area contributed by atoms with E-state index in [0.29, 0.717) is 39.8 Å². The number of para-hydroxylation sites is 1. The number of thiophene rings is 1. The molecular weight excluding hydrogens is 452 g/mol. The zero-order valence-corrected chi connectivity index (χ0v) is 17.9. The molecule has 0 spiro atoms. The van der Waals surface area contributed by atoms with Gasteiger partial charge in [-0.1, -0.05) is 40.2 Å². The van der Waals surface area contributed by atoms with Crippen LogP contribution in [-0.4, -0.2) is 21.7 Å². The minimum absolute atomic E-state index is 0.101. The van der Waals surface area contributed by atoms with Crippen molar-refractivity contribution in [3.8, 4) is 21.9 Å². The number of hydrogen-bond acceptors (Lipinski definition) is 7. The average Bonchev–Trinajstić information content (AvgIpc) is 3.08. The lowest BCUT2D eigenvalue weighted by molar-refractivity contribution is 0.341. The summed E-state index contributed by atoms with van der Waals surface area (Å²) in [5, 5.41) is 19.3. The molecule has 0 atom stereocenters. The summed E-state index contributed by atoms with van der Waals surface area (Å²) in [7, 11) is 0. The van der Waals surface area contributed by atoms with Gasteiger partial charge < -0.3 is 9.84 Å². The number of nitrogens with zero attached hydrogens (tertiary/aromatic N) is 4. The number of hydrogen-bond donors (Lipinski definition) is 1. The molecule has 1 N–H and O–H groups in total. The second-order valence-corrected chi connectivity index (χ2v) is 8.05. The molecule has 2 heterocycles. The van der Waals surface area contributed by atoms with Gasteiger partial charge in [0.05, 0.1) is 18.0 Å². The van der Waals surface area contributed by atoms with Gasteiger partial charge in [-0.25, -0.2) is 9.97 Å². The summed E-state index contributed by atoms with van der Waals surface area (Å²) in [6.45, 7) is 2.91. The van der Waals surface area contributed by atoms with Gasteiger partial charge in [-0.2, -0.15) is 5.11 Å². The van der Waals surface area contributed by atoms with Gasteiger partial charge in [0.15, 0.2) is 11.6 Å². The van der Waals surface area contributed by atoms with Crippen molar-refractivity contribution in [2.24, 2.45) is 10.2 Å². The van der Waals surface area contributed by atoms with E-state index in [1.165, 1.54) is 17.7 Å². The van der Waals surface area contributed by atoms with Gasteiger partial charge in [0.25, 0.3) is 0 Å². The maximum atomic E-state index is 10.8. The Hall–Kier alpha value is -2.84. The third kappa shape index (κ3) is 4.13. The van der Waals surface area contributed by atoms with Crippen molar-refractivity contribution in [2.75, 3.05) is 6.61 Å². The first-order chi connectivity index (χ1) is 14.2. The van der Waals surface area contributed by atoms with Crippen LogP contribution >= 0.6 is 27.3 Å². The minimum Gasteiger partial charge on any atom is -0.504 e. The van der Waals surface area contributed by atoms with Crippen LogP contribution in [0.15, 0.2) is 69.6 Å². The van der Waals surface area contributed by atoms with Crippen molar-refractivity contribution in [3.05, 3.63) is 64.9 Å². The number of fused-ring (bicyclic) bond motifs is 1. The number of azo groups is 1. The maximum Gasteiger partial charge on any atom is 0.195 e. The molecule has 4 rings (SSSR count). The van der Waals surface area contributed by atoms with E-state index >= 15 is 0 Å². The molecule has 0 saturated carbocycles. The van der Waals surface area contributed by atoms with Crippen LogP contribution in [0, 0.1) is 0 Å². The number of halogens is 1. The summed E-state index contributed by atoms with van der Waals surface area (Å²) >= 11 is 4.80. The molecule has 146 valence electrons. The molecule has 29 heavy (non-hydrogen) atoms. The number of aromatic nitrogens is 2. The van der Waals surface area contributed by atoms with Crippen LogP contribution < -0.4 is 4.74 Å². The number of benzene rings is 2. The van der Waals surface area contributed by atoms with E-state index in [1.54, 1.807) is 0 Å². The molecule has 0 aliphatic carbocycles. The highest BCUT2D eigenvalue weighted by Crippen LogP contribution is 2.47. The van der Waals surface area contributed by atoms with Gasteiger partial charge in [0.1, 0.15) is 22.3 Å². The number of aromatic hydroxyl groups is 1. The zero-order chi connectivity index (χ0) is 20.2. The quantitative estimate of drug-likeness (QED) is 0.327. The van der Waals surface area contributed by atoms with Crippen molar-refractivity contribution in [2.45, 2.75) is 13.5 Å². The normalized spacial score (nSPS) is 11.4. The molecule has 2 aromatic carbocycles. The molecule has 0 radical (unpaired) electrons. The third-order valence-corrected chi connectivity index (χ3v) is 5.92. The van der Waals surface area contributed by atoms with Gasteiger partial charge >= 0.3 is 0 Å². The fraction of sp³-hybridized carbons (Fsp3) is 0.143. The molecule has 0 bridgehead atoms. The van der Waals surface area contributed by atoms with Crippen LogP contribution in [0.2, 0.25) is 0 Å². The van der Waals surface area contributed by atoms with Crippen LogP contribution in [0.4, 0.5) is 5.82 Å². The van der Waals surface area contributed by atoms with Gasteiger partial charge in [-0.15, -0.1) is 16.5 Å². The Morgan fingerprint density at radius 3 is 2.69 bits per heavy atom. The monoisotopic (exact) mass is 468 g/mol. The summed E-state index contributed by atoms with van der Waals surface area (Å²) in [5.74, 6) is 1.25. The van der Waals surface area contributed by atoms with Crippen LogP contribution in [0.5, 0.6) is 11.5 Å². The Bertz CT molecular complexity index is 1180. The first kappa shape index (κ1) is 19.5. The highest BCUT2D eigenvalue weighted by atomic mass is 79.9. The molecule has 0 aliphatic rings. The summed E-state index contributed by atoms with van der Waals surface area (Å²) in [5.41, 5.74) is 2.32. The molecule has 2 aromatic heterocycles. The van der Waals surface area contributed by atoms with Crippen molar-refractivity contribution in [3.63, 3.8) is 0 Å². The third-order valence-electron chi connectivity index (χ3n) is 4.19. The highest BCUT2D eigenvalue weighted by Gasteiger charge is 2.20. The predicted octanol–water partition coefficient (Wildman–Crippen LogP) is 6.51. The lowest BCUT2D eigenvalue weighted by atomic mass is 10.1. The van der Waals surface area contributed by atoms with Crippen LogP contribution in [0.25, 0.3) is 20.7 Å². The smallest absolute Gasteiger partial charge is 0.195 e. The predicted molar refractivity (Wildman–Crippen MR) is 118 cm³/mol. The van der Waals surface area contributed by atoms with Crippen LogP contribution in [0.3, 0.4) is 0 Å². The van der Waals surface area contributed by atoms with Gasteiger partial charge in [-0.3, -0.25) is 0 Å². The van der Waals surface area contributed by atoms with Crippen LogP contribution in [-0.2, 0) is 6.54 Å². The van der Waals surface area contributed by atoms with E-state index in [-0.39, 0.29) is 5.75 Å². The Morgan fingerprint density at radius 2 is 1.90 bits per heavy atom. The second-order valence-electron chi connectivity index (χ2n) is 6.11. The SMILES string of the molecule is CCOc1ccccc1-c1sc2c(N=NCc3ccc(Br)cc3)ncnc2c1O. The summed E-state index contributed by atoms with van der Waals surface area (Å²) < 4.78 is 7.41. The lowest BCUT2D eigenvalue weighted by Gasteiger charge is -2.08. The maximum absolute atomic E-state index is 10.8. The Morgan fingerprint density at radius 1 is 1.10 bits per heavy atom. The van der Waals surface area contributed by atoms with Gasteiger partial charge in [0.2, 0.25) is 0 Å². The molecule has 4 aromatic rings. The summed E-state index contributed by atoms with van der Waals surface area (Å²) in [6.07, 6.45) is 1.39. The Balaban J connectivity index is 1.70. The Kier molecular flexibility index (Phi) is 5.82. The standard InChI is InChI=1S/C21H17BrN4O2S/c1-2-28-16-6-4-3-5-15(16)19-18(27)17-20(29-19)21(24-12-23-17)26-25-11-13-7-9-14(22)10-8-13/h3-10,12,27H,2,11H2,1H3. The van der Waals surface area contributed by atoms with E-state index in [1.807, 2.05) is 55.5 Å². The van der Waals surface area contributed by atoms with Crippen molar-refractivity contribution in [1.29, 1.82) is 0 Å². The van der Waals surface area contributed by atoms with E-state index < -0.39 is 0 Å². The average molecular weight is 469 g/mol. The van der Waals surface area contributed by atoms with Gasteiger partial charge in [0, 0.05) is 10.0 Å². The van der Waals surface area contributed by atoms with Crippen LogP contribution in [0.1, 0.15) is 12.5 Å². The summed E-state index contributed by atoms with van der Waals surface area (Å²) in [6, 6.07) is 15.5. The lowest BCUT2D eigenvalue weighted by Crippen LogP contribution is -1.92. The fourth-order valence-corrected chi connectivity index (χ4v) is 4.22. The largest absolute Gasteiger partial charge is 0.504 e. The molecule has 0 aliphatic heterocycles. The second kappa shape index (κ2) is 8.67. The fourth-order valence-electron chi connectivity index (χ4n) is 2.85. The zero-order valence-electron chi connectivity index (χ0n) is 15.5. The van der Waals surface area contributed by atoms with Gasteiger partial charge in [-0.05, 0) is 36.8 Å². The topological polar surface area (TPSA) is 80.0 Å². The van der Waals surface area contributed by atoms with Crippen molar-refractivity contribution >= 4 is 43.3 Å². The van der Waals surface area contributed by atoms with E-state index in [9.17, 15) is 5.11 Å². The first-order valence-electron chi connectivity index (χ1n) is 8.98. The molecule has 8 heteroatoms. The molecule has 0 amide bonds. The first-order valence-corrected chi connectivity index (χ1v) is 10.6. The van der Waals surface area contributed by atoms with E-state index in [0.717, 1.165) is 15.6 Å². The molecule has 6 nitrogen and oxygen atoms in total. The Labute approximate surface area is 180 Å². The minimum atomic E-state index is 0.101. The summed E-state index contributed by atoms with van der Waals surface area (Å²) in [4.78, 5) is 9.16. The van der Waals surface area contributed by atoms with E-state index in [4.69, 9.17) is 4.74 Å². The molecule has 0 unspecified atom stereocenters. The molecular formula is C21H17BrN4O2S. The van der Waals surface area contributed by atoms with Crippen molar-refractivity contribution < 1.29 is 9.84 Å². The number of rotatable bonds is 6. The molecule has 0 fully saturated rings. The molecule has 0 saturated heterocycles. The van der Waals surface area contributed by atoms with Crippen molar-refractivity contribution in [1.82, 2.24) is 9.97 Å². The van der Waals surface area contributed by atoms with E-state index in [2.05, 4.69) is 36.1 Å². The number of ether oxygens (including phenoxy) is 1.